The van der Waals surface area contributed by atoms with E-state index in [1.54, 1.807) is 0 Å². The Kier molecular flexibility index (Phi) is 4.23. The lowest BCUT2D eigenvalue weighted by Gasteiger charge is -2.40. The first-order valence-corrected chi connectivity index (χ1v) is 7.74. The number of hydrogen-bond donors (Lipinski definition) is 1. The summed E-state index contributed by atoms with van der Waals surface area (Å²) >= 11 is 0. The van der Waals surface area contributed by atoms with Gasteiger partial charge in [0.15, 0.2) is 0 Å². The predicted octanol–water partition coefficient (Wildman–Crippen LogP) is 0.650. The second-order valence-corrected chi connectivity index (χ2v) is 6.05. The van der Waals surface area contributed by atoms with Crippen LogP contribution in [0.4, 0.5) is 0 Å². The molecule has 0 amide bonds. The second kappa shape index (κ2) is 6.09. The third-order valence-corrected chi connectivity index (χ3v) is 4.66. The van der Waals surface area contributed by atoms with Gasteiger partial charge >= 0.3 is 0 Å². The standard InChI is InChI=1S/C14H26N4O/c15-14-16-10-13(19-14)11-17-8-4-12(5-9-17)18-6-2-1-3-7-18/h12-13H,1-11H2,(H2,15,16). The molecule has 3 aliphatic rings. The zero-order valence-corrected chi connectivity index (χ0v) is 11.8. The largest absolute Gasteiger partial charge is 0.459 e. The molecule has 0 aromatic rings. The van der Waals surface area contributed by atoms with Crippen molar-refractivity contribution >= 4 is 6.02 Å². The third kappa shape index (κ3) is 3.39. The molecule has 1 unspecified atom stereocenters. The lowest BCUT2D eigenvalue weighted by Crippen LogP contribution is -2.48. The fourth-order valence-corrected chi connectivity index (χ4v) is 3.57. The van der Waals surface area contributed by atoms with Gasteiger partial charge in [-0.05, 0) is 51.9 Å². The molecule has 0 bridgehead atoms. The molecular formula is C14H26N4O. The van der Waals surface area contributed by atoms with Crippen molar-refractivity contribution in [3.05, 3.63) is 0 Å². The average Bonchev–Trinajstić information content (AvgIpc) is 2.86. The van der Waals surface area contributed by atoms with Crippen molar-refractivity contribution in [2.24, 2.45) is 10.7 Å². The number of hydrogen-bond acceptors (Lipinski definition) is 5. The van der Waals surface area contributed by atoms with Crippen molar-refractivity contribution in [3.63, 3.8) is 0 Å². The SMILES string of the molecule is NC1=NCC(CN2CCC(N3CCCCC3)CC2)O1. The summed E-state index contributed by atoms with van der Waals surface area (Å²) < 4.78 is 5.48. The summed E-state index contributed by atoms with van der Waals surface area (Å²) in [4.78, 5) is 9.34. The van der Waals surface area contributed by atoms with Crippen LogP contribution < -0.4 is 5.73 Å². The Bertz CT molecular complexity index is 319. The molecule has 3 rings (SSSR count). The molecule has 5 heteroatoms. The quantitative estimate of drug-likeness (QED) is 0.815. The molecule has 108 valence electrons. The summed E-state index contributed by atoms with van der Waals surface area (Å²) in [6, 6.07) is 1.19. The molecule has 0 aromatic heterocycles. The molecule has 3 heterocycles. The smallest absolute Gasteiger partial charge is 0.282 e. The zero-order valence-electron chi connectivity index (χ0n) is 11.8. The van der Waals surface area contributed by atoms with Crippen LogP contribution in [0.5, 0.6) is 0 Å². The summed E-state index contributed by atoms with van der Waals surface area (Å²) in [5, 5.41) is 0. The molecule has 19 heavy (non-hydrogen) atoms. The molecule has 2 saturated heterocycles. The molecule has 0 saturated carbocycles. The van der Waals surface area contributed by atoms with Crippen LogP contribution >= 0.6 is 0 Å². The van der Waals surface area contributed by atoms with Gasteiger partial charge in [-0.25, -0.2) is 4.99 Å². The van der Waals surface area contributed by atoms with Crippen LogP contribution in [-0.2, 0) is 4.74 Å². The van der Waals surface area contributed by atoms with Gasteiger partial charge in [-0.2, -0.15) is 0 Å². The maximum absolute atomic E-state index is 5.55. The van der Waals surface area contributed by atoms with E-state index in [9.17, 15) is 0 Å². The summed E-state index contributed by atoms with van der Waals surface area (Å²) in [6.07, 6.45) is 7.02. The first-order chi connectivity index (χ1) is 9.31. The van der Waals surface area contributed by atoms with E-state index in [1.807, 2.05) is 0 Å². The van der Waals surface area contributed by atoms with Crippen LogP contribution in [0, 0.1) is 0 Å². The first-order valence-electron chi connectivity index (χ1n) is 7.74. The Morgan fingerprint density at radius 2 is 1.84 bits per heavy atom. The van der Waals surface area contributed by atoms with E-state index in [0.717, 1.165) is 19.1 Å². The first kappa shape index (κ1) is 13.2. The Hall–Kier alpha value is -0.810. The van der Waals surface area contributed by atoms with Crippen molar-refractivity contribution in [1.29, 1.82) is 0 Å². The van der Waals surface area contributed by atoms with E-state index in [4.69, 9.17) is 10.5 Å². The Labute approximate surface area is 115 Å². The van der Waals surface area contributed by atoms with E-state index in [-0.39, 0.29) is 6.10 Å². The minimum atomic E-state index is 0.187. The van der Waals surface area contributed by atoms with Gasteiger partial charge in [-0.1, -0.05) is 6.42 Å². The lowest BCUT2D eigenvalue weighted by molar-refractivity contribution is 0.0711. The van der Waals surface area contributed by atoms with E-state index < -0.39 is 0 Å². The van der Waals surface area contributed by atoms with Crippen molar-refractivity contribution < 1.29 is 4.74 Å². The molecule has 5 nitrogen and oxygen atoms in total. The highest BCUT2D eigenvalue weighted by atomic mass is 16.5. The van der Waals surface area contributed by atoms with Crippen LogP contribution in [0.3, 0.4) is 0 Å². The van der Waals surface area contributed by atoms with E-state index in [2.05, 4.69) is 14.8 Å². The zero-order chi connectivity index (χ0) is 13.1. The maximum atomic E-state index is 5.55. The van der Waals surface area contributed by atoms with Gasteiger partial charge in [0.1, 0.15) is 6.10 Å². The summed E-state index contributed by atoms with van der Waals surface area (Å²) in [5.74, 6) is 0. The molecule has 2 N–H and O–H groups in total. The molecule has 0 radical (unpaired) electrons. The minimum absolute atomic E-state index is 0.187. The van der Waals surface area contributed by atoms with Crippen molar-refractivity contribution in [2.45, 2.75) is 44.2 Å². The van der Waals surface area contributed by atoms with Gasteiger partial charge in [0.05, 0.1) is 6.54 Å². The Morgan fingerprint density at radius 1 is 1.11 bits per heavy atom. The van der Waals surface area contributed by atoms with Gasteiger partial charge in [0.25, 0.3) is 6.02 Å². The Morgan fingerprint density at radius 3 is 2.47 bits per heavy atom. The average molecular weight is 266 g/mol. The van der Waals surface area contributed by atoms with E-state index >= 15 is 0 Å². The topological polar surface area (TPSA) is 54.1 Å². The monoisotopic (exact) mass is 266 g/mol. The highest BCUT2D eigenvalue weighted by Gasteiger charge is 2.28. The van der Waals surface area contributed by atoms with Gasteiger partial charge in [-0.3, -0.25) is 4.90 Å². The summed E-state index contributed by atoms with van der Waals surface area (Å²) in [6.45, 7) is 6.75. The predicted molar refractivity (Wildman–Crippen MR) is 76.2 cm³/mol. The summed E-state index contributed by atoms with van der Waals surface area (Å²) in [5.41, 5.74) is 5.55. The molecule has 0 spiro atoms. The number of ether oxygens (including phenoxy) is 1. The van der Waals surface area contributed by atoms with Crippen LogP contribution in [0.2, 0.25) is 0 Å². The van der Waals surface area contributed by atoms with Crippen LogP contribution in [0.1, 0.15) is 32.1 Å². The van der Waals surface area contributed by atoms with Crippen LogP contribution in [0.15, 0.2) is 4.99 Å². The molecular weight excluding hydrogens is 240 g/mol. The van der Waals surface area contributed by atoms with Crippen LogP contribution in [0.25, 0.3) is 0 Å². The molecule has 0 aromatic carbocycles. The second-order valence-electron chi connectivity index (χ2n) is 6.05. The number of piperidine rings is 2. The van der Waals surface area contributed by atoms with Crippen molar-refractivity contribution in [1.82, 2.24) is 9.80 Å². The summed E-state index contributed by atoms with van der Waals surface area (Å²) in [7, 11) is 0. The highest BCUT2D eigenvalue weighted by molar-refractivity contribution is 5.73. The number of likely N-dealkylation sites (tertiary alicyclic amines) is 2. The number of aliphatic imine (C=N–C) groups is 1. The molecule has 0 aliphatic carbocycles. The Balaban J connectivity index is 1.39. The van der Waals surface area contributed by atoms with Crippen molar-refractivity contribution in [2.75, 3.05) is 39.3 Å². The van der Waals surface area contributed by atoms with Crippen LogP contribution in [-0.4, -0.2) is 67.2 Å². The number of rotatable bonds is 3. The number of nitrogens with zero attached hydrogens (tertiary/aromatic N) is 3. The lowest BCUT2D eigenvalue weighted by atomic mass is 10.00. The van der Waals surface area contributed by atoms with Gasteiger partial charge in [0, 0.05) is 12.6 Å². The minimum Gasteiger partial charge on any atom is -0.459 e. The number of amidine groups is 1. The molecule has 3 aliphatic heterocycles. The normalized spacial score (nSPS) is 31.2. The fourth-order valence-electron chi connectivity index (χ4n) is 3.57. The maximum Gasteiger partial charge on any atom is 0.282 e. The third-order valence-electron chi connectivity index (χ3n) is 4.66. The van der Waals surface area contributed by atoms with Gasteiger partial charge in [-0.15, -0.1) is 0 Å². The molecule has 1 atom stereocenters. The number of nitrogens with two attached hydrogens (primary N) is 1. The van der Waals surface area contributed by atoms with Gasteiger partial charge in [0.2, 0.25) is 0 Å². The van der Waals surface area contributed by atoms with E-state index in [1.165, 1.54) is 58.3 Å². The fraction of sp³-hybridized carbons (Fsp3) is 0.929. The van der Waals surface area contributed by atoms with E-state index in [0.29, 0.717) is 6.02 Å². The van der Waals surface area contributed by atoms with Crippen molar-refractivity contribution in [3.8, 4) is 0 Å². The van der Waals surface area contributed by atoms with Gasteiger partial charge < -0.3 is 15.4 Å². The highest BCUT2D eigenvalue weighted by Crippen LogP contribution is 2.21. The molecule has 2 fully saturated rings.